The van der Waals surface area contributed by atoms with Crippen LogP contribution in [0.1, 0.15) is 40.9 Å². The Kier molecular flexibility index (Phi) is 6.28. The Bertz CT molecular complexity index is 842. The van der Waals surface area contributed by atoms with Crippen LogP contribution < -0.4 is 5.32 Å². The van der Waals surface area contributed by atoms with Crippen LogP contribution in [-0.2, 0) is 20.7 Å². The first kappa shape index (κ1) is 19.4. The van der Waals surface area contributed by atoms with Crippen LogP contribution in [0.25, 0.3) is 0 Å². The monoisotopic (exact) mass is 353 g/mol. The van der Waals surface area contributed by atoms with Gasteiger partial charge in [0.25, 0.3) is 5.91 Å². The van der Waals surface area contributed by atoms with E-state index < -0.39 is 18.0 Å². The summed E-state index contributed by atoms with van der Waals surface area (Å²) in [4.78, 5) is 36.0. The average molecular weight is 353 g/mol. The van der Waals surface area contributed by atoms with Crippen LogP contribution in [-0.4, -0.2) is 23.8 Å². The van der Waals surface area contributed by atoms with Crippen molar-refractivity contribution in [2.24, 2.45) is 0 Å². The minimum atomic E-state index is -0.964. The zero-order valence-corrected chi connectivity index (χ0v) is 15.5. The summed E-state index contributed by atoms with van der Waals surface area (Å²) in [5.41, 5.74) is 3.91. The number of Topliss-reactive ketones (excluding diaryl/α,β-unsaturated/α-hetero) is 1. The van der Waals surface area contributed by atoms with Crippen LogP contribution in [0.3, 0.4) is 0 Å². The second-order valence-corrected chi connectivity index (χ2v) is 6.32. The molecule has 0 saturated heterocycles. The summed E-state index contributed by atoms with van der Waals surface area (Å²) >= 11 is 0. The number of aryl methyl sites for hydroxylation is 2. The summed E-state index contributed by atoms with van der Waals surface area (Å²) in [7, 11) is 0. The number of carbonyl (C=O) groups is 3. The lowest BCUT2D eigenvalue weighted by atomic mass is 10.0. The van der Waals surface area contributed by atoms with Gasteiger partial charge in [0, 0.05) is 5.56 Å². The molecule has 5 heteroatoms. The van der Waals surface area contributed by atoms with E-state index in [-0.39, 0.29) is 12.2 Å². The van der Waals surface area contributed by atoms with Gasteiger partial charge in [0.15, 0.2) is 11.9 Å². The molecule has 0 radical (unpaired) electrons. The maximum Gasteiger partial charge on any atom is 0.311 e. The molecule has 1 N–H and O–H groups in total. The van der Waals surface area contributed by atoms with E-state index in [1.165, 1.54) is 13.8 Å². The molecule has 5 nitrogen and oxygen atoms in total. The largest absolute Gasteiger partial charge is 0.452 e. The molecule has 2 aromatic carbocycles. The summed E-state index contributed by atoms with van der Waals surface area (Å²) in [6, 6.07) is 12.5. The van der Waals surface area contributed by atoms with Crippen molar-refractivity contribution in [2.75, 3.05) is 5.32 Å². The number of carbonyl (C=O) groups excluding carboxylic acids is 3. The van der Waals surface area contributed by atoms with Gasteiger partial charge in [-0.25, -0.2) is 0 Å². The lowest BCUT2D eigenvalue weighted by Crippen LogP contribution is -2.31. The number of rotatable bonds is 6. The van der Waals surface area contributed by atoms with E-state index in [1.807, 2.05) is 32.0 Å². The van der Waals surface area contributed by atoms with Gasteiger partial charge in [0.1, 0.15) is 0 Å². The normalized spacial score (nSPS) is 11.5. The zero-order valence-electron chi connectivity index (χ0n) is 15.5. The smallest absolute Gasteiger partial charge is 0.311 e. The van der Waals surface area contributed by atoms with Crippen molar-refractivity contribution in [1.82, 2.24) is 0 Å². The highest BCUT2D eigenvalue weighted by molar-refractivity contribution is 6.04. The highest BCUT2D eigenvalue weighted by Gasteiger charge is 2.19. The Morgan fingerprint density at radius 3 is 2.38 bits per heavy atom. The SMILES string of the molecule is CC(=O)c1ccccc1NC(=O)[C@H](C)OC(=O)Cc1ccc(C)c(C)c1. The Morgan fingerprint density at radius 1 is 1.04 bits per heavy atom. The number of para-hydroxylation sites is 1. The van der Waals surface area contributed by atoms with Crippen molar-refractivity contribution in [2.45, 2.75) is 40.2 Å². The Hall–Kier alpha value is -2.95. The molecule has 0 aliphatic carbocycles. The van der Waals surface area contributed by atoms with E-state index in [4.69, 9.17) is 4.74 Å². The van der Waals surface area contributed by atoms with Gasteiger partial charge in [0.2, 0.25) is 0 Å². The number of ketones is 1. The van der Waals surface area contributed by atoms with Gasteiger partial charge in [-0.05, 0) is 56.5 Å². The lowest BCUT2D eigenvalue weighted by Gasteiger charge is -2.15. The summed E-state index contributed by atoms with van der Waals surface area (Å²) in [6.07, 6.45) is -0.864. The van der Waals surface area contributed by atoms with E-state index in [0.29, 0.717) is 11.3 Å². The van der Waals surface area contributed by atoms with Gasteiger partial charge in [-0.15, -0.1) is 0 Å². The second-order valence-electron chi connectivity index (χ2n) is 6.32. The molecule has 0 aliphatic heterocycles. The van der Waals surface area contributed by atoms with Crippen molar-refractivity contribution in [1.29, 1.82) is 0 Å². The Morgan fingerprint density at radius 2 is 1.73 bits per heavy atom. The third kappa shape index (κ3) is 5.02. The van der Waals surface area contributed by atoms with Crippen molar-refractivity contribution >= 4 is 23.3 Å². The predicted octanol–water partition coefficient (Wildman–Crippen LogP) is 3.62. The fraction of sp³-hybridized carbons (Fsp3) is 0.286. The van der Waals surface area contributed by atoms with Crippen molar-refractivity contribution < 1.29 is 19.1 Å². The molecule has 26 heavy (non-hydrogen) atoms. The summed E-state index contributed by atoms with van der Waals surface area (Å²) in [6.45, 7) is 6.91. The molecule has 0 saturated carbocycles. The number of anilines is 1. The van der Waals surface area contributed by atoms with Crippen molar-refractivity contribution in [3.8, 4) is 0 Å². The third-order valence-corrected chi connectivity index (χ3v) is 4.16. The molecule has 0 spiro atoms. The fourth-order valence-corrected chi connectivity index (χ4v) is 2.51. The number of esters is 1. The van der Waals surface area contributed by atoms with Crippen LogP contribution in [0, 0.1) is 13.8 Å². The highest BCUT2D eigenvalue weighted by atomic mass is 16.5. The Balaban J connectivity index is 1.97. The predicted molar refractivity (Wildman–Crippen MR) is 100 cm³/mol. The fourth-order valence-electron chi connectivity index (χ4n) is 2.51. The van der Waals surface area contributed by atoms with Crippen LogP contribution in [0.2, 0.25) is 0 Å². The van der Waals surface area contributed by atoms with E-state index in [9.17, 15) is 14.4 Å². The van der Waals surface area contributed by atoms with E-state index in [0.717, 1.165) is 16.7 Å². The second kappa shape index (κ2) is 8.43. The van der Waals surface area contributed by atoms with Crippen molar-refractivity contribution in [3.05, 3.63) is 64.7 Å². The molecule has 0 bridgehead atoms. The number of amides is 1. The number of benzene rings is 2. The molecule has 0 fully saturated rings. The third-order valence-electron chi connectivity index (χ3n) is 4.16. The molecule has 1 atom stereocenters. The molecule has 0 unspecified atom stereocenters. The van der Waals surface area contributed by atoms with Crippen LogP contribution in [0.5, 0.6) is 0 Å². The zero-order chi connectivity index (χ0) is 19.3. The molecule has 0 aliphatic rings. The minimum absolute atomic E-state index is 0.1000. The topological polar surface area (TPSA) is 72.5 Å². The molecule has 1 amide bonds. The highest BCUT2D eigenvalue weighted by Crippen LogP contribution is 2.16. The van der Waals surface area contributed by atoms with Crippen LogP contribution in [0.4, 0.5) is 5.69 Å². The van der Waals surface area contributed by atoms with Crippen LogP contribution >= 0.6 is 0 Å². The Labute approximate surface area is 153 Å². The van der Waals surface area contributed by atoms with Gasteiger partial charge in [-0.3, -0.25) is 14.4 Å². The van der Waals surface area contributed by atoms with Gasteiger partial charge in [-0.2, -0.15) is 0 Å². The average Bonchev–Trinajstić information content (AvgIpc) is 2.58. The standard InChI is InChI=1S/C21H23NO4/c1-13-9-10-17(11-14(13)2)12-20(24)26-16(4)21(25)22-19-8-6-5-7-18(19)15(3)23/h5-11,16H,12H2,1-4H3,(H,22,25)/t16-/m0/s1. The van der Waals surface area contributed by atoms with Crippen molar-refractivity contribution in [3.63, 3.8) is 0 Å². The molecular formula is C21H23NO4. The first-order chi connectivity index (χ1) is 12.3. The maximum absolute atomic E-state index is 12.3. The first-order valence-corrected chi connectivity index (χ1v) is 8.44. The molecule has 2 aromatic rings. The summed E-state index contributed by atoms with van der Waals surface area (Å²) in [5, 5.41) is 2.64. The quantitative estimate of drug-likeness (QED) is 0.636. The molecular weight excluding hydrogens is 330 g/mol. The molecule has 0 aromatic heterocycles. The number of ether oxygens (including phenoxy) is 1. The minimum Gasteiger partial charge on any atom is -0.452 e. The summed E-state index contributed by atoms with van der Waals surface area (Å²) < 4.78 is 5.22. The molecule has 136 valence electrons. The number of hydrogen-bond acceptors (Lipinski definition) is 4. The van der Waals surface area contributed by atoms with E-state index >= 15 is 0 Å². The van der Waals surface area contributed by atoms with Gasteiger partial charge < -0.3 is 10.1 Å². The number of hydrogen-bond donors (Lipinski definition) is 1. The lowest BCUT2D eigenvalue weighted by molar-refractivity contribution is -0.152. The molecule has 2 rings (SSSR count). The molecule has 0 heterocycles. The van der Waals surface area contributed by atoms with Crippen LogP contribution in [0.15, 0.2) is 42.5 Å². The van der Waals surface area contributed by atoms with E-state index in [1.54, 1.807) is 24.3 Å². The maximum atomic E-state index is 12.3. The summed E-state index contributed by atoms with van der Waals surface area (Å²) in [5.74, 6) is -1.11. The van der Waals surface area contributed by atoms with Gasteiger partial charge in [0.05, 0.1) is 12.1 Å². The van der Waals surface area contributed by atoms with E-state index in [2.05, 4.69) is 5.32 Å². The van der Waals surface area contributed by atoms with Gasteiger partial charge in [-0.1, -0.05) is 30.3 Å². The first-order valence-electron chi connectivity index (χ1n) is 8.44. The number of nitrogens with one attached hydrogen (secondary N) is 1. The van der Waals surface area contributed by atoms with Gasteiger partial charge >= 0.3 is 5.97 Å².